The minimum atomic E-state index is -4.70. The Bertz CT molecular complexity index is 1560. The van der Waals surface area contributed by atoms with E-state index in [4.69, 9.17) is 16.3 Å². The van der Waals surface area contributed by atoms with Crippen LogP contribution in [0, 0.1) is 5.92 Å². The molecule has 1 fully saturated rings. The molecule has 1 aromatic heterocycles. The lowest BCUT2D eigenvalue weighted by atomic mass is 9.92. The quantitative estimate of drug-likeness (QED) is 0.333. The first-order chi connectivity index (χ1) is 20.2. The Balaban J connectivity index is 1.38. The Hall–Kier alpha value is -4.12. The van der Waals surface area contributed by atoms with E-state index in [0.29, 0.717) is 30.2 Å². The van der Waals surface area contributed by atoms with Crippen LogP contribution in [0.1, 0.15) is 71.5 Å². The molecule has 2 atom stereocenters. The highest BCUT2D eigenvalue weighted by atomic mass is 35.5. The van der Waals surface area contributed by atoms with Crippen molar-refractivity contribution < 1.29 is 32.3 Å². The minimum Gasteiger partial charge on any atom is -0.444 e. The van der Waals surface area contributed by atoms with E-state index in [0.717, 1.165) is 24.1 Å². The van der Waals surface area contributed by atoms with Crippen LogP contribution in [-0.4, -0.2) is 46.5 Å². The number of rotatable bonds is 3. The molecule has 3 amide bonds. The van der Waals surface area contributed by atoms with Gasteiger partial charge in [0.15, 0.2) is 0 Å². The lowest BCUT2D eigenvalue weighted by Gasteiger charge is -2.31. The monoisotopic (exact) mass is 614 g/mol. The molecule has 0 saturated carbocycles. The molecule has 1 N–H and O–H groups in total. The second-order valence-corrected chi connectivity index (χ2v) is 12.0. The second kappa shape index (κ2) is 11.5. The summed E-state index contributed by atoms with van der Waals surface area (Å²) in [5, 5.41) is 2.84. The molecule has 226 valence electrons. The van der Waals surface area contributed by atoms with Crippen LogP contribution in [0.4, 0.5) is 29.5 Å². The molecule has 2 aromatic carbocycles. The predicted octanol–water partition coefficient (Wildman–Crippen LogP) is 7.35. The highest BCUT2D eigenvalue weighted by Crippen LogP contribution is 2.47. The van der Waals surface area contributed by atoms with E-state index in [1.165, 1.54) is 30.5 Å². The van der Waals surface area contributed by atoms with Crippen molar-refractivity contribution in [3.63, 3.8) is 0 Å². The Morgan fingerprint density at radius 2 is 1.72 bits per heavy atom. The number of alkyl halides is 3. The summed E-state index contributed by atoms with van der Waals surface area (Å²) in [6.07, 6.45) is -2.49. The zero-order valence-electron chi connectivity index (χ0n) is 23.7. The summed E-state index contributed by atoms with van der Waals surface area (Å²) < 4.78 is 45.7. The molecule has 0 aliphatic carbocycles. The molecule has 43 heavy (non-hydrogen) atoms. The number of hydrogen-bond donors (Lipinski definition) is 1. The summed E-state index contributed by atoms with van der Waals surface area (Å²) >= 11 is 6.39. The van der Waals surface area contributed by atoms with Crippen molar-refractivity contribution in [2.45, 2.75) is 51.4 Å². The second-order valence-electron chi connectivity index (χ2n) is 11.5. The van der Waals surface area contributed by atoms with Gasteiger partial charge in [-0.3, -0.25) is 9.59 Å². The predicted molar refractivity (Wildman–Crippen MR) is 155 cm³/mol. The van der Waals surface area contributed by atoms with Gasteiger partial charge >= 0.3 is 12.3 Å². The molecule has 5 rings (SSSR count). The zero-order valence-corrected chi connectivity index (χ0v) is 24.5. The fourth-order valence-electron chi connectivity index (χ4n) is 5.60. The summed E-state index contributed by atoms with van der Waals surface area (Å²) in [5.41, 5.74) is -0.701. The zero-order chi connectivity index (χ0) is 31.1. The van der Waals surface area contributed by atoms with Crippen LogP contribution < -0.4 is 10.2 Å². The molecule has 2 unspecified atom stereocenters. The van der Waals surface area contributed by atoms with Gasteiger partial charge in [-0.05, 0) is 82.0 Å². The molecule has 0 spiro atoms. The molecule has 0 radical (unpaired) electrons. The average molecular weight is 615 g/mol. The first-order valence-corrected chi connectivity index (χ1v) is 14.2. The number of ether oxygens (including phenoxy) is 1. The van der Waals surface area contributed by atoms with Crippen LogP contribution >= 0.6 is 11.6 Å². The lowest BCUT2D eigenvalue weighted by molar-refractivity contribution is -0.137. The minimum absolute atomic E-state index is 0.0101. The molecule has 2 aliphatic heterocycles. The number of aromatic nitrogens is 1. The molecule has 3 heterocycles. The number of pyridine rings is 1. The topological polar surface area (TPSA) is 91.8 Å². The van der Waals surface area contributed by atoms with Gasteiger partial charge < -0.3 is 19.9 Å². The number of benzene rings is 2. The number of amides is 3. The van der Waals surface area contributed by atoms with E-state index < -0.39 is 34.9 Å². The third-order valence-electron chi connectivity index (χ3n) is 7.45. The van der Waals surface area contributed by atoms with Crippen LogP contribution in [0.2, 0.25) is 5.02 Å². The lowest BCUT2D eigenvalue weighted by Crippen LogP contribution is -2.37. The first kappa shape index (κ1) is 30.3. The van der Waals surface area contributed by atoms with Gasteiger partial charge in [0.25, 0.3) is 11.8 Å². The maximum atomic E-state index is 13.8. The van der Waals surface area contributed by atoms with Crippen LogP contribution in [0.15, 0.2) is 60.8 Å². The maximum Gasteiger partial charge on any atom is 0.417 e. The van der Waals surface area contributed by atoms with E-state index in [9.17, 15) is 27.6 Å². The highest BCUT2D eigenvalue weighted by molar-refractivity contribution is 6.30. The third-order valence-corrected chi connectivity index (χ3v) is 7.68. The molecular formula is C31H30ClF3N4O4. The molecule has 3 aromatic rings. The normalized spacial score (nSPS) is 18.4. The number of carbonyl (C=O) groups is 3. The van der Waals surface area contributed by atoms with Crippen molar-refractivity contribution in [1.29, 1.82) is 0 Å². The first-order valence-electron chi connectivity index (χ1n) is 13.8. The SMILES string of the molecule is CC(C)(C)OC(=O)N1CCC2CCN(C(=O)c3ccc(NC(=O)c4ccccc4C(F)(F)F)nc3)c3ccc(Cl)cc3C21. The molecule has 1 saturated heterocycles. The maximum absolute atomic E-state index is 13.8. The van der Waals surface area contributed by atoms with Gasteiger partial charge in [-0.2, -0.15) is 13.2 Å². The van der Waals surface area contributed by atoms with Gasteiger partial charge in [0, 0.05) is 35.6 Å². The number of nitrogens with zero attached hydrogens (tertiary/aromatic N) is 3. The van der Waals surface area contributed by atoms with Crippen LogP contribution in [0.3, 0.4) is 0 Å². The molecule has 0 bridgehead atoms. The van der Waals surface area contributed by atoms with Gasteiger partial charge in [0.05, 0.1) is 22.7 Å². The largest absolute Gasteiger partial charge is 0.444 e. The van der Waals surface area contributed by atoms with Crippen LogP contribution in [0.5, 0.6) is 0 Å². The van der Waals surface area contributed by atoms with Gasteiger partial charge in [-0.1, -0.05) is 23.7 Å². The van der Waals surface area contributed by atoms with Crippen LogP contribution in [0.25, 0.3) is 0 Å². The molecule has 2 aliphatic rings. The van der Waals surface area contributed by atoms with Crippen molar-refractivity contribution in [2.75, 3.05) is 23.3 Å². The number of nitrogens with one attached hydrogen (secondary N) is 1. The molecule has 12 heteroatoms. The van der Waals surface area contributed by atoms with Gasteiger partial charge in [0.2, 0.25) is 0 Å². The Kier molecular flexibility index (Phi) is 8.13. The summed E-state index contributed by atoms with van der Waals surface area (Å²) in [4.78, 5) is 47.0. The third kappa shape index (κ3) is 6.46. The number of likely N-dealkylation sites (tertiary alicyclic amines) is 1. The van der Waals surface area contributed by atoms with Crippen LogP contribution in [-0.2, 0) is 10.9 Å². The average Bonchev–Trinajstić information content (AvgIpc) is 3.30. The Morgan fingerprint density at radius 3 is 2.40 bits per heavy atom. The number of halogens is 4. The smallest absolute Gasteiger partial charge is 0.417 e. The van der Waals surface area contributed by atoms with Crippen molar-refractivity contribution in [1.82, 2.24) is 9.88 Å². The van der Waals surface area contributed by atoms with Gasteiger partial charge in [0.1, 0.15) is 11.4 Å². The van der Waals surface area contributed by atoms with Gasteiger partial charge in [-0.15, -0.1) is 0 Å². The fourth-order valence-corrected chi connectivity index (χ4v) is 5.78. The van der Waals surface area contributed by atoms with E-state index in [2.05, 4.69) is 10.3 Å². The van der Waals surface area contributed by atoms with E-state index in [1.54, 1.807) is 28.0 Å². The summed E-state index contributed by atoms with van der Waals surface area (Å²) in [6, 6.07) is 12.2. The summed E-state index contributed by atoms with van der Waals surface area (Å²) in [6.45, 7) is 6.33. The highest BCUT2D eigenvalue weighted by Gasteiger charge is 2.44. The summed E-state index contributed by atoms with van der Waals surface area (Å²) in [7, 11) is 0. The number of anilines is 2. The van der Waals surface area contributed by atoms with Crippen molar-refractivity contribution in [3.8, 4) is 0 Å². The Morgan fingerprint density at radius 1 is 1.00 bits per heavy atom. The Labute approximate surface area is 251 Å². The van der Waals surface area contributed by atoms with E-state index in [1.807, 2.05) is 20.8 Å². The van der Waals surface area contributed by atoms with Crippen molar-refractivity contribution in [2.24, 2.45) is 5.92 Å². The fraction of sp³-hybridized carbons (Fsp3) is 0.355. The van der Waals surface area contributed by atoms with E-state index in [-0.39, 0.29) is 29.2 Å². The number of carbonyl (C=O) groups excluding carboxylic acids is 3. The summed E-state index contributed by atoms with van der Waals surface area (Å²) in [5.74, 6) is -1.26. The van der Waals surface area contributed by atoms with Crippen molar-refractivity contribution in [3.05, 3.63) is 88.1 Å². The molecule has 8 nitrogen and oxygen atoms in total. The van der Waals surface area contributed by atoms with Crippen molar-refractivity contribution >= 4 is 41.0 Å². The molecular weight excluding hydrogens is 585 g/mol. The van der Waals surface area contributed by atoms with Gasteiger partial charge in [-0.25, -0.2) is 9.78 Å². The standard InChI is InChI=1S/C31H30ClF3N4O4/c1-30(2,3)43-29(42)39-15-13-18-12-14-38(24-10-9-20(32)16-22(24)26(18)39)28(41)19-8-11-25(36-17-19)37-27(40)21-6-4-5-7-23(21)31(33,34)35/h4-11,16-18,26H,12-15H2,1-3H3,(H,36,37,40). The number of fused-ring (bicyclic) bond motifs is 3. The number of hydrogen-bond acceptors (Lipinski definition) is 5. The van der Waals surface area contributed by atoms with E-state index >= 15 is 0 Å².